The van der Waals surface area contributed by atoms with E-state index in [4.69, 9.17) is 19.7 Å². The van der Waals surface area contributed by atoms with E-state index in [1.54, 1.807) is 7.11 Å². The largest absolute Gasteiger partial charge is 0.485 e. The van der Waals surface area contributed by atoms with Gasteiger partial charge in [-0.3, -0.25) is 0 Å². The molecule has 0 amide bonds. The number of hydrogen-bond donors (Lipinski definition) is 3. The van der Waals surface area contributed by atoms with Crippen molar-refractivity contribution in [3.05, 3.63) is 29.3 Å². The number of nitrogens with one attached hydrogen (secondary N) is 1. The summed E-state index contributed by atoms with van der Waals surface area (Å²) in [5.74, 6) is -2.25. The molecule has 1 rings (SSSR count). The van der Waals surface area contributed by atoms with Crippen molar-refractivity contribution in [2.24, 2.45) is 0 Å². The molecular formula is C13H19F2NO4. The Hall–Kier alpha value is -1.28. The topological polar surface area (TPSA) is 71.0 Å². The Morgan fingerprint density at radius 2 is 1.95 bits per heavy atom. The molecule has 1 atom stereocenters. The van der Waals surface area contributed by atoms with E-state index in [1.807, 2.05) is 0 Å². The van der Waals surface area contributed by atoms with Gasteiger partial charge in [0.1, 0.15) is 12.7 Å². The lowest BCUT2D eigenvalue weighted by Crippen LogP contribution is -2.22. The van der Waals surface area contributed by atoms with E-state index in [1.165, 1.54) is 0 Å². The molecule has 5 nitrogen and oxygen atoms in total. The predicted molar refractivity (Wildman–Crippen MR) is 68.5 cm³/mol. The van der Waals surface area contributed by atoms with E-state index in [0.717, 1.165) is 12.1 Å². The van der Waals surface area contributed by atoms with Crippen molar-refractivity contribution < 1.29 is 28.5 Å². The van der Waals surface area contributed by atoms with Gasteiger partial charge in [-0.1, -0.05) is 0 Å². The smallest absolute Gasteiger partial charge is 0.190 e. The minimum Gasteiger partial charge on any atom is -0.485 e. The lowest BCUT2D eigenvalue weighted by molar-refractivity contribution is 0.0509. The second-order valence-corrected chi connectivity index (χ2v) is 4.21. The monoisotopic (exact) mass is 291 g/mol. The predicted octanol–water partition coefficient (Wildman–Crippen LogP) is 0.433. The van der Waals surface area contributed by atoms with E-state index in [2.05, 4.69) is 5.32 Å². The highest BCUT2D eigenvalue weighted by atomic mass is 19.1. The van der Waals surface area contributed by atoms with Crippen molar-refractivity contribution in [3.8, 4) is 5.75 Å². The van der Waals surface area contributed by atoms with Crippen molar-refractivity contribution in [1.82, 2.24) is 5.32 Å². The SMILES string of the molecule is COCCNCc1cc(F)c(OCC(O)CO)c(F)c1. The first-order valence-electron chi connectivity index (χ1n) is 6.17. The molecule has 7 heteroatoms. The van der Waals surface area contributed by atoms with Crippen LogP contribution < -0.4 is 10.1 Å². The van der Waals surface area contributed by atoms with Crippen molar-refractivity contribution >= 4 is 0 Å². The van der Waals surface area contributed by atoms with Gasteiger partial charge in [0, 0.05) is 20.2 Å². The first-order valence-corrected chi connectivity index (χ1v) is 6.17. The number of aliphatic hydroxyl groups excluding tert-OH is 2. The molecule has 0 radical (unpaired) electrons. The fourth-order valence-corrected chi connectivity index (χ4v) is 1.49. The maximum absolute atomic E-state index is 13.7. The quantitative estimate of drug-likeness (QED) is 0.576. The van der Waals surface area contributed by atoms with Gasteiger partial charge in [-0.2, -0.15) is 0 Å². The Balaban J connectivity index is 2.61. The number of methoxy groups -OCH3 is 1. The van der Waals surface area contributed by atoms with Gasteiger partial charge in [0.15, 0.2) is 17.4 Å². The van der Waals surface area contributed by atoms with E-state index in [0.29, 0.717) is 25.3 Å². The molecule has 0 aliphatic carbocycles. The average molecular weight is 291 g/mol. The van der Waals surface area contributed by atoms with Crippen LogP contribution in [0.2, 0.25) is 0 Å². The minimum atomic E-state index is -1.18. The molecule has 1 aromatic carbocycles. The molecule has 0 fully saturated rings. The lowest BCUT2D eigenvalue weighted by atomic mass is 10.2. The summed E-state index contributed by atoms with van der Waals surface area (Å²) in [4.78, 5) is 0. The van der Waals surface area contributed by atoms with Gasteiger partial charge in [0.05, 0.1) is 13.2 Å². The van der Waals surface area contributed by atoms with Gasteiger partial charge in [0.2, 0.25) is 0 Å². The third-order valence-corrected chi connectivity index (χ3v) is 2.50. The zero-order valence-electron chi connectivity index (χ0n) is 11.2. The molecule has 0 saturated carbocycles. The summed E-state index contributed by atoms with van der Waals surface area (Å²) in [5, 5.41) is 20.6. The van der Waals surface area contributed by atoms with Gasteiger partial charge < -0.3 is 25.0 Å². The first-order chi connectivity index (χ1) is 9.58. The Bertz CT molecular complexity index is 394. The van der Waals surface area contributed by atoms with Crippen LogP contribution in [0.3, 0.4) is 0 Å². The Morgan fingerprint density at radius 3 is 2.50 bits per heavy atom. The number of ether oxygens (including phenoxy) is 2. The highest BCUT2D eigenvalue weighted by Gasteiger charge is 2.14. The molecule has 0 aliphatic heterocycles. The van der Waals surface area contributed by atoms with Gasteiger partial charge in [-0.25, -0.2) is 8.78 Å². The number of hydrogen-bond acceptors (Lipinski definition) is 5. The normalized spacial score (nSPS) is 12.4. The lowest BCUT2D eigenvalue weighted by Gasteiger charge is -2.12. The maximum Gasteiger partial charge on any atom is 0.190 e. The fraction of sp³-hybridized carbons (Fsp3) is 0.538. The van der Waals surface area contributed by atoms with Crippen LogP contribution in [0.4, 0.5) is 8.78 Å². The molecule has 0 bridgehead atoms. The van der Waals surface area contributed by atoms with Gasteiger partial charge >= 0.3 is 0 Å². The van der Waals surface area contributed by atoms with Crippen molar-refractivity contribution in [2.75, 3.05) is 33.5 Å². The molecule has 1 unspecified atom stereocenters. The highest BCUT2D eigenvalue weighted by molar-refractivity contribution is 5.31. The summed E-state index contributed by atoms with van der Waals surface area (Å²) >= 11 is 0. The molecule has 0 aliphatic rings. The molecule has 114 valence electrons. The van der Waals surface area contributed by atoms with Gasteiger partial charge in [0.25, 0.3) is 0 Å². The van der Waals surface area contributed by atoms with Crippen LogP contribution in [0.5, 0.6) is 5.75 Å². The molecule has 20 heavy (non-hydrogen) atoms. The van der Waals surface area contributed by atoms with Crippen LogP contribution in [0.1, 0.15) is 5.56 Å². The first kappa shape index (κ1) is 16.8. The summed E-state index contributed by atoms with van der Waals surface area (Å²) in [6.07, 6.45) is -1.18. The summed E-state index contributed by atoms with van der Waals surface area (Å²) < 4.78 is 37.0. The van der Waals surface area contributed by atoms with Crippen molar-refractivity contribution in [3.63, 3.8) is 0 Å². The third-order valence-electron chi connectivity index (χ3n) is 2.50. The number of aliphatic hydroxyl groups is 2. The van der Waals surface area contributed by atoms with Crippen LogP contribution in [0, 0.1) is 11.6 Å². The summed E-state index contributed by atoms with van der Waals surface area (Å²) in [6, 6.07) is 2.31. The summed E-state index contributed by atoms with van der Waals surface area (Å²) in [7, 11) is 1.56. The Kier molecular flexibility index (Phi) is 7.38. The molecule has 3 N–H and O–H groups in total. The zero-order valence-corrected chi connectivity index (χ0v) is 11.2. The van der Waals surface area contributed by atoms with Crippen LogP contribution in [0.25, 0.3) is 0 Å². The second-order valence-electron chi connectivity index (χ2n) is 4.21. The molecular weight excluding hydrogens is 272 g/mol. The standard InChI is InChI=1S/C13H19F2NO4/c1-19-3-2-16-6-9-4-11(14)13(12(15)5-9)20-8-10(18)7-17/h4-5,10,16-18H,2-3,6-8H2,1H3. The van der Waals surface area contributed by atoms with Crippen molar-refractivity contribution in [2.45, 2.75) is 12.6 Å². The highest BCUT2D eigenvalue weighted by Crippen LogP contribution is 2.23. The number of rotatable bonds is 9. The summed E-state index contributed by atoms with van der Waals surface area (Å²) in [5.41, 5.74) is 0.436. The molecule has 0 saturated heterocycles. The van der Waals surface area contributed by atoms with E-state index < -0.39 is 30.1 Å². The molecule has 0 spiro atoms. The number of benzene rings is 1. The third kappa shape index (κ3) is 5.38. The maximum atomic E-state index is 13.7. The molecule has 0 heterocycles. The minimum absolute atomic E-state index is 0.302. The van der Waals surface area contributed by atoms with Gasteiger partial charge in [-0.15, -0.1) is 0 Å². The average Bonchev–Trinajstić information content (AvgIpc) is 2.42. The van der Waals surface area contributed by atoms with Gasteiger partial charge in [-0.05, 0) is 17.7 Å². The summed E-state index contributed by atoms with van der Waals surface area (Å²) in [6.45, 7) is 0.461. The Labute approximate surface area is 116 Å². The van der Waals surface area contributed by atoms with Crippen molar-refractivity contribution in [1.29, 1.82) is 0 Å². The molecule has 0 aromatic heterocycles. The van der Waals surface area contributed by atoms with Crippen LogP contribution in [0.15, 0.2) is 12.1 Å². The zero-order chi connectivity index (χ0) is 15.0. The van der Waals surface area contributed by atoms with E-state index in [9.17, 15) is 8.78 Å². The van der Waals surface area contributed by atoms with Crippen LogP contribution in [-0.2, 0) is 11.3 Å². The van der Waals surface area contributed by atoms with Crippen LogP contribution >= 0.6 is 0 Å². The van der Waals surface area contributed by atoms with E-state index in [-0.39, 0.29) is 6.61 Å². The van der Waals surface area contributed by atoms with Crippen LogP contribution in [-0.4, -0.2) is 49.8 Å². The second kappa shape index (κ2) is 8.80. The molecule has 1 aromatic rings. The fourth-order valence-electron chi connectivity index (χ4n) is 1.49. The Morgan fingerprint density at radius 1 is 1.30 bits per heavy atom. The van der Waals surface area contributed by atoms with E-state index >= 15 is 0 Å². The number of halogens is 2.